The molecule has 2 bridgehead atoms. The van der Waals surface area contributed by atoms with Crippen molar-refractivity contribution in [3.05, 3.63) is 30.1 Å². The molecule has 2 aliphatic heterocycles. The first-order valence-corrected chi connectivity index (χ1v) is 9.70. The Morgan fingerprint density at radius 1 is 1.25 bits per heavy atom. The maximum atomic E-state index is 13.5. The summed E-state index contributed by atoms with van der Waals surface area (Å²) in [5.41, 5.74) is 0. The summed E-state index contributed by atoms with van der Waals surface area (Å²) in [6.07, 6.45) is 0. The van der Waals surface area contributed by atoms with Gasteiger partial charge < -0.3 is 14.4 Å². The minimum absolute atomic E-state index is 0.0744. The van der Waals surface area contributed by atoms with Gasteiger partial charge in [0.05, 0.1) is 25.0 Å². The molecule has 0 radical (unpaired) electrons. The van der Waals surface area contributed by atoms with Crippen LogP contribution in [-0.2, 0) is 14.8 Å². The average molecular weight is 358 g/mol. The van der Waals surface area contributed by atoms with Crippen molar-refractivity contribution in [2.24, 2.45) is 5.92 Å². The summed E-state index contributed by atoms with van der Waals surface area (Å²) in [6.45, 7) is 2.87. The van der Waals surface area contributed by atoms with Crippen molar-refractivity contribution in [2.45, 2.75) is 6.04 Å². The quantitative estimate of drug-likeness (QED) is 0.779. The van der Waals surface area contributed by atoms with Gasteiger partial charge in [0.1, 0.15) is 6.61 Å². The zero-order valence-corrected chi connectivity index (χ0v) is 14.5. The first-order chi connectivity index (χ1) is 11.5. The van der Waals surface area contributed by atoms with Crippen LogP contribution in [0, 0.1) is 11.7 Å². The van der Waals surface area contributed by atoms with E-state index in [9.17, 15) is 12.8 Å². The predicted octanol–water partition coefficient (Wildman–Crippen LogP) is 0.797. The molecule has 2 heterocycles. The fourth-order valence-corrected chi connectivity index (χ4v) is 4.86. The van der Waals surface area contributed by atoms with E-state index >= 15 is 0 Å². The van der Waals surface area contributed by atoms with E-state index in [0.717, 1.165) is 6.54 Å². The summed E-state index contributed by atoms with van der Waals surface area (Å²) >= 11 is 0. The van der Waals surface area contributed by atoms with Gasteiger partial charge in [0, 0.05) is 25.6 Å². The molecule has 0 saturated carbocycles. The van der Waals surface area contributed by atoms with E-state index in [1.807, 2.05) is 7.05 Å². The van der Waals surface area contributed by atoms with Crippen molar-refractivity contribution in [3.8, 4) is 5.75 Å². The van der Waals surface area contributed by atoms with Crippen molar-refractivity contribution in [1.82, 2.24) is 9.21 Å². The molecule has 0 amide bonds. The largest absolute Gasteiger partial charge is 0.489 e. The van der Waals surface area contributed by atoms with Crippen LogP contribution < -0.4 is 4.74 Å². The lowest BCUT2D eigenvalue weighted by Gasteiger charge is -2.28. The molecule has 2 atom stereocenters. The Hall–Kier alpha value is -1.22. The summed E-state index contributed by atoms with van der Waals surface area (Å²) in [4.78, 5) is 2.16. The summed E-state index contributed by atoms with van der Waals surface area (Å²) in [6, 6.07) is 5.81. The minimum atomic E-state index is -3.49. The van der Waals surface area contributed by atoms with E-state index in [2.05, 4.69) is 4.90 Å². The maximum absolute atomic E-state index is 13.5. The van der Waals surface area contributed by atoms with Gasteiger partial charge >= 0.3 is 0 Å². The standard InChI is InChI=1S/C16H23FN2O4S/c1-18-8-13-9-19(14(10-18)12-22-11-13)24(20,21)7-6-23-16-5-3-2-4-15(16)17/h2-5,13-14H,6-12H2,1H3/t13-,14-/m0/s1. The van der Waals surface area contributed by atoms with Crippen molar-refractivity contribution in [2.75, 3.05) is 52.3 Å². The Morgan fingerprint density at radius 2 is 2.04 bits per heavy atom. The van der Waals surface area contributed by atoms with Crippen LogP contribution in [0.4, 0.5) is 4.39 Å². The van der Waals surface area contributed by atoms with Gasteiger partial charge in [-0.2, -0.15) is 4.31 Å². The number of rotatable bonds is 5. The third-order valence-corrected chi connectivity index (χ3v) is 6.24. The van der Waals surface area contributed by atoms with Crippen LogP contribution in [0.5, 0.6) is 5.75 Å². The van der Waals surface area contributed by atoms with Crippen LogP contribution in [0.25, 0.3) is 0 Å². The highest BCUT2D eigenvalue weighted by Crippen LogP contribution is 2.22. The molecule has 1 aromatic rings. The third kappa shape index (κ3) is 4.05. The number of fused-ring (bicyclic) bond motifs is 3. The molecular formula is C16H23FN2O4S. The van der Waals surface area contributed by atoms with E-state index in [-0.39, 0.29) is 30.1 Å². The molecule has 2 saturated heterocycles. The Labute approximate surface area is 142 Å². The third-order valence-electron chi connectivity index (χ3n) is 4.39. The molecule has 1 aromatic carbocycles. The highest BCUT2D eigenvalue weighted by atomic mass is 32.2. The molecule has 0 spiro atoms. The smallest absolute Gasteiger partial charge is 0.217 e. The second kappa shape index (κ2) is 7.35. The zero-order valence-electron chi connectivity index (χ0n) is 13.7. The van der Waals surface area contributed by atoms with Gasteiger partial charge in [-0.05, 0) is 19.2 Å². The van der Waals surface area contributed by atoms with E-state index in [0.29, 0.717) is 26.3 Å². The van der Waals surface area contributed by atoms with E-state index in [4.69, 9.17) is 9.47 Å². The lowest BCUT2D eigenvalue weighted by molar-refractivity contribution is 0.0659. The molecule has 0 aliphatic carbocycles. The highest BCUT2D eigenvalue weighted by Gasteiger charge is 2.38. The molecule has 0 aromatic heterocycles. The van der Waals surface area contributed by atoms with Crippen LogP contribution in [-0.4, -0.2) is 75.9 Å². The number of sulfonamides is 1. The van der Waals surface area contributed by atoms with Crippen LogP contribution in [0.2, 0.25) is 0 Å². The Morgan fingerprint density at radius 3 is 2.83 bits per heavy atom. The number of hydrogen-bond acceptors (Lipinski definition) is 5. The normalized spacial score (nSPS) is 26.1. The van der Waals surface area contributed by atoms with Crippen molar-refractivity contribution >= 4 is 10.0 Å². The van der Waals surface area contributed by atoms with Gasteiger partial charge in [-0.15, -0.1) is 0 Å². The van der Waals surface area contributed by atoms with Crippen molar-refractivity contribution in [3.63, 3.8) is 0 Å². The van der Waals surface area contributed by atoms with Crippen molar-refractivity contribution in [1.29, 1.82) is 0 Å². The Bertz CT molecular complexity index is 670. The van der Waals surface area contributed by atoms with Gasteiger partial charge in [0.2, 0.25) is 10.0 Å². The molecule has 24 heavy (non-hydrogen) atoms. The van der Waals surface area contributed by atoms with E-state index in [1.165, 1.54) is 12.1 Å². The fourth-order valence-electron chi connectivity index (χ4n) is 3.32. The zero-order chi connectivity index (χ0) is 17.2. The van der Waals surface area contributed by atoms with Crippen LogP contribution in [0.1, 0.15) is 0 Å². The molecule has 6 nitrogen and oxygen atoms in total. The molecule has 8 heteroatoms. The first-order valence-electron chi connectivity index (χ1n) is 8.09. The van der Waals surface area contributed by atoms with Gasteiger partial charge in [-0.25, -0.2) is 12.8 Å². The van der Waals surface area contributed by atoms with Gasteiger partial charge in [0.25, 0.3) is 0 Å². The summed E-state index contributed by atoms with van der Waals surface area (Å²) in [7, 11) is -1.49. The van der Waals surface area contributed by atoms with Crippen LogP contribution >= 0.6 is 0 Å². The number of ether oxygens (including phenoxy) is 2. The molecule has 0 N–H and O–H groups in total. The maximum Gasteiger partial charge on any atom is 0.217 e. The molecule has 0 unspecified atom stereocenters. The van der Waals surface area contributed by atoms with E-state index < -0.39 is 15.8 Å². The lowest BCUT2D eigenvalue weighted by Crippen LogP contribution is -2.47. The van der Waals surface area contributed by atoms with Crippen LogP contribution in [0.15, 0.2) is 24.3 Å². The second-order valence-electron chi connectivity index (χ2n) is 6.44. The van der Waals surface area contributed by atoms with Crippen molar-refractivity contribution < 1.29 is 22.3 Å². The summed E-state index contributed by atoms with van der Waals surface area (Å²) in [5.74, 6) is -0.417. The summed E-state index contributed by atoms with van der Waals surface area (Å²) in [5, 5.41) is 0. The molecule has 134 valence electrons. The number of benzene rings is 1. The SMILES string of the molecule is CN1C[C@@H]2COC[C@H](C1)N(S(=O)(=O)CCOc1ccccc1F)C2. The molecule has 3 rings (SSSR count). The number of hydrogen-bond donors (Lipinski definition) is 0. The molecule has 2 fully saturated rings. The molecule has 2 aliphatic rings. The number of halogens is 1. The van der Waals surface area contributed by atoms with Gasteiger partial charge in [-0.1, -0.05) is 12.1 Å². The number of likely N-dealkylation sites (N-methyl/N-ethyl adjacent to an activating group) is 1. The minimum Gasteiger partial charge on any atom is -0.489 e. The molecular weight excluding hydrogens is 335 g/mol. The van der Waals surface area contributed by atoms with Gasteiger partial charge in [-0.3, -0.25) is 0 Å². The van der Waals surface area contributed by atoms with Crippen LogP contribution in [0.3, 0.4) is 0 Å². The lowest BCUT2D eigenvalue weighted by atomic mass is 10.1. The first kappa shape index (κ1) is 17.6. The predicted molar refractivity (Wildman–Crippen MR) is 88.0 cm³/mol. The highest BCUT2D eigenvalue weighted by molar-refractivity contribution is 7.89. The Kier molecular flexibility index (Phi) is 5.39. The topological polar surface area (TPSA) is 59.1 Å². The number of nitrogens with zero attached hydrogens (tertiary/aromatic N) is 2. The fraction of sp³-hybridized carbons (Fsp3) is 0.625. The Balaban J connectivity index is 1.65. The second-order valence-corrected chi connectivity index (χ2v) is 8.48. The van der Waals surface area contributed by atoms with Gasteiger partial charge in [0.15, 0.2) is 11.6 Å². The monoisotopic (exact) mass is 358 g/mol. The number of para-hydroxylation sites is 1. The average Bonchev–Trinajstić information content (AvgIpc) is 2.80. The van der Waals surface area contributed by atoms with E-state index in [1.54, 1.807) is 16.4 Å². The summed E-state index contributed by atoms with van der Waals surface area (Å²) < 4.78 is 51.5.